The molecule has 5 heteroatoms. The van der Waals surface area contributed by atoms with Gasteiger partial charge in [-0.25, -0.2) is 9.97 Å². The van der Waals surface area contributed by atoms with E-state index >= 15 is 0 Å². The fourth-order valence-electron chi connectivity index (χ4n) is 2.05. The lowest BCUT2D eigenvalue weighted by Crippen LogP contribution is -2.22. The minimum absolute atomic E-state index is 0.0923. The van der Waals surface area contributed by atoms with Gasteiger partial charge in [0.15, 0.2) is 0 Å². The van der Waals surface area contributed by atoms with Crippen molar-refractivity contribution >= 4 is 28.3 Å². The molecular weight excluding hydrogens is 282 g/mol. The van der Waals surface area contributed by atoms with Gasteiger partial charge in [0.25, 0.3) is 5.91 Å². The average Bonchev–Trinajstić information content (AvgIpc) is 2.99. The molecule has 0 atom stereocenters. The van der Waals surface area contributed by atoms with Crippen LogP contribution in [-0.2, 0) is 6.54 Å². The number of hydrogen-bond donors (Lipinski definition) is 1. The highest BCUT2D eigenvalue weighted by molar-refractivity contribution is 7.09. The van der Waals surface area contributed by atoms with Gasteiger partial charge in [0, 0.05) is 10.4 Å². The smallest absolute Gasteiger partial charge is 0.251 e. The number of carbonyl (C=O) groups is 1. The number of nitrogens with one attached hydrogen (secondary N) is 1. The Balaban J connectivity index is 1.83. The molecule has 0 saturated carbocycles. The number of amides is 1. The van der Waals surface area contributed by atoms with Gasteiger partial charge in [-0.3, -0.25) is 4.79 Å². The van der Waals surface area contributed by atoms with Crippen LogP contribution >= 0.6 is 11.3 Å². The summed E-state index contributed by atoms with van der Waals surface area (Å²) in [5, 5.41) is 4.91. The van der Waals surface area contributed by atoms with E-state index in [1.54, 1.807) is 23.5 Å². The SMILES string of the molecule is Cc1nc2ccc(C(=O)NCc3cccs3)cc2nc1C. The van der Waals surface area contributed by atoms with Crippen LogP contribution in [0, 0.1) is 13.8 Å². The zero-order valence-corrected chi connectivity index (χ0v) is 12.7. The van der Waals surface area contributed by atoms with Crippen LogP contribution in [0.15, 0.2) is 35.7 Å². The lowest BCUT2D eigenvalue weighted by Gasteiger charge is -2.06. The zero-order valence-electron chi connectivity index (χ0n) is 11.9. The number of benzene rings is 1. The Morgan fingerprint density at radius 2 is 1.90 bits per heavy atom. The predicted octanol–water partition coefficient (Wildman–Crippen LogP) is 3.24. The number of aromatic nitrogens is 2. The molecule has 1 amide bonds. The van der Waals surface area contributed by atoms with Gasteiger partial charge in [-0.15, -0.1) is 11.3 Å². The van der Waals surface area contributed by atoms with Gasteiger partial charge in [0.05, 0.1) is 29.0 Å². The number of carbonyl (C=O) groups excluding carboxylic acids is 1. The Labute approximate surface area is 126 Å². The summed E-state index contributed by atoms with van der Waals surface area (Å²) in [6, 6.07) is 9.40. The Morgan fingerprint density at radius 1 is 1.14 bits per heavy atom. The van der Waals surface area contributed by atoms with E-state index in [1.165, 1.54) is 0 Å². The van der Waals surface area contributed by atoms with Crippen molar-refractivity contribution in [1.29, 1.82) is 0 Å². The maximum atomic E-state index is 12.2. The van der Waals surface area contributed by atoms with Gasteiger partial charge in [-0.2, -0.15) is 0 Å². The molecule has 3 aromatic rings. The van der Waals surface area contributed by atoms with Crippen molar-refractivity contribution in [2.75, 3.05) is 0 Å². The van der Waals surface area contributed by atoms with Crippen LogP contribution in [0.2, 0.25) is 0 Å². The van der Waals surface area contributed by atoms with E-state index in [4.69, 9.17) is 0 Å². The first-order chi connectivity index (χ1) is 10.1. The van der Waals surface area contributed by atoms with E-state index in [2.05, 4.69) is 15.3 Å². The Morgan fingerprint density at radius 3 is 2.62 bits per heavy atom. The van der Waals surface area contributed by atoms with E-state index in [9.17, 15) is 4.79 Å². The fraction of sp³-hybridized carbons (Fsp3) is 0.188. The molecule has 0 saturated heterocycles. The molecule has 0 radical (unpaired) electrons. The molecule has 0 fully saturated rings. The van der Waals surface area contributed by atoms with Crippen molar-refractivity contribution < 1.29 is 4.79 Å². The fourth-order valence-corrected chi connectivity index (χ4v) is 2.70. The molecule has 1 N–H and O–H groups in total. The average molecular weight is 297 g/mol. The Kier molecular flexibility index (Phi) is 3.66. The van der Waals surface area contributed by atoms with E-state index < -0.39 is 0 Å². The lowest BCUT2D eigenvalue weighted by molar-refractivity contribution is 0.0951. The van der Waals surface area contributed by atoms with E-state index in [0.29, 0.717) is 12.1 Å². The Hall–Kier alpha value is -2.27. The van der Waals surface area contributed by atoms with Gasteiger partial charge in [-0.05, 0) is 43.5 Å². The largest absolute Gasteiger partial charge is 0.347 e. The van der Waals surface area contributed by atoms with Crippen molar-refractivity contribution in [2.45, 2.75) is 20.4 Å². The number of fused-ring (bicyclic) bond motifs is 1. The van der Waals surface area contributed by atoms with Crippen LogP contribution in [-0.4, -0.2) is 15.9 Å². The van der Waals surface area contributed by atoms with Gasteiger partial charge in [-0.1, -0.05) is 6.07 Å². The van der Waals surface area contributed by atoms with Crippen molar-refractivity contribution in [3.8, 4) is 0 Å². The molecule has 1 aromatic carbocycles. The molecule has 0 aliphatic carbocycles. The third-order valence-corrected chi connectivity index (χ3v) is 4.22. The van der Waals surface area contributed by atoms with Crippen LogP contribution in [0.5, 0.6) is 0 Å². The molecule has 0 aliphatic rings. The van der Waals surface area contributed by atoms with Gasteiger partial charge < -0.3 is 5.32 Å². The van der Waals surface area contributed by atoms with Gasteiger partial charge >= 0.3 is 0 Å². The summed E-state index contributed by atoms with van der Waals surface area (Å²) < 4.78 is 0. The zero-order chi connectivity index (χ0) is 14.8. The second-order valence-electron chi connectivity index (χ2n) is 4.86. The van der Waals surface area contributed by atoms with Gasteiger partial charge in [0.1, 0.15) is 0 Å². The molecule has 4 nitrogen and oxygen atoms in total. The lowest BCUT2D eigenvalue weighted by atomic mass is 10.1. The van der Waals surface area contributed by atoms with Crippen LogP contribution in [0.4, 0.5) is 0 Å². The third-order valence-electron chi connectivity index (χ3n) is 3.34. The third kappa shape index (κ3) is 2.92. The van der Waals surface area contributed by atoms with E-state index in [0.717, 1.165) is 27.3 Å². The molecule has 0 spiro atoms. The van der Waals surface area contributed by atoms with Crippen molar-refractivity contribution in [3.05, 3.63) is 57.5 Å². The first-order valence-corrected chi connectivity index (χ1v) is 7.57. The van der Waals surface area contributed by atoms with Crippen molar-refractivity contribution in [2.24, 2.45) is 0 Å². The second kappa shape index (κ2) is 5.61. The number of rotatable bonds is 3. The highest BCUT2D eigenvalue weighted by Gasteiger charge is 2.08. The monoisotopic (exact) mass is 297 g/mol. The first kappa shape index (κ1) is 13.7. The summed E-state index contributed by atoms with van der Waals surface area (Å²) in [6.07, 6.45) is 0. The molecule has 2 aromatic heterocycles. The van der Waals surface area contributed by atoms with Crippen LogP contribution in [0.25, 0.3) is 11.0 Å². The normalized spacial score (nSPS) is 10.8. The summed E-state index contributed by atoms with van der Waals surface area (Å²) >= 11 is 1.63. The van der Waals surface area contributed by atoms with Crippen LogP contribution < -0.4 is 5.32 Å². The highest BCUT2D eigenvalue weighted by Crippen LogP contribution is 2.15. The summed E-state index contributed by atoms with van der Waals surface area (Å²) in [4.78, 5) is 22.3. The summed E-state index contributed by atoms with van der Waals surface area (Å²) in [5.74, 6) is -0.0923. The quantitative estimate of drug-likeness (QED) is 0.807. The predicted molar refractivity (Wildman–Crippen MR) is 84.5 cm³/mol. The standard InChI is InChI=1S/C16H15N3OS/c1-10-11(2)19-15-8-12(5-6-14(15)18-10)16(20)17-9-13-4-3-7-21-13/h3-8H,9H2,1-2H3,(H,17,20). The van der Waals surface area contributed by atoms with Gasteiger partial charge in [0.2, 0.25) is 0 Å². The number of thiophene rings is 1. The van der Waals surface area contributed by atoms with Crippen molar-refractivity contribution in [3.63, 3.8) is 0 Å². The maximum Gasteiger partial charge on any atom is 0.251 e. The molecule has 3 rings (SSSR count). The summed E-state index contributed by atoms with van der Waals surface area (Å²) in [7, 11) is 0. The van der Waals surface area contributed by atoms with Crippen LogP contribution in [0.3, 0.4) is 0 Å². The van der Waals surface area contributed by atoms with E-state index in [1.807, 2.05) is 37.4 Å². The second-order valence-corrected chi connectivity index (χ2v) is 5.89. The molecule has 0 unspecified atom stereocenters. The Bertz CT molecular complexity index is 797. The summed E-state index contributed by atoms with van der Waals surface area (Å²) in [5.41, 5.74) is 3.97. The first-order valence-electron chi connectivity index (χ1n) is 6.69. The molecule has 106 valence electrons. The minimum atomic E-state index is -0.0923. The molecule has 0 aliphatic heterocycles. The van der Waals surface area contributed by atoms with Crippen molar-refractivity contribution in [1.82, 2.24) is 15.3 Å². The molecular formula is C16H15N3OS. The number of hydrogen-bond acceptors (Lipinski definition) is 4. The topological polar surface area (TPSA) is 54.9 Å². The molecule has 2 heterocycles. The number of nitrogens with zero attached hydrogens (tertiary/aromatic N) is 2. The number of aryl methyl sites for hydroxylation is 2. The van der Waals surface area contributed by atoms with Crippen LogP contribution in [0.1, 0.15) is 26.6 Å². The highest BCUT2D eigenvalue weighted by atomic mass is 32.1. The van der Waals surface area contributed by atoms with E-state index in [-0.39, 0.29) is 5.91 Å². The maximum absolute atomic E-state index is 12.2. The minimum Gasteiger partial charge on any atom is -0.347 e. The summed E-state index contributed by atoms with van der Waals surface area (Å²) in [6.45, 7) is 4.40. The molecule has 0 bridgehead atoms. The molecule has 21 heavy (non-hydrogen) atoms.